The van der Waals surface area contributed by atoms with E-state index in [9.17, 15) is 4.79 Å². The minimum absolute atomic E-state index is 0.186. The summed E-state index contributed by atoms with van der Waals surface area (Å²) in [5.41, 5.74) is 6.36. The lowest BCUT2D eigenvalue weighted by atomic mass is 10.0. The van der Waals surface area contributed by atoms with Gasteiger partial charge in [0.15, 0.2) is 0 Å². The van der Waals surface area contributed by atoms with Gasteiger partial charge >= 0.3 is 5.97 Å². The summed E-state index contributed by atoms with van der Waals surface area (Å²) in [5, 5.41) is 1.20. The fourth-order valence-electron chi connectivity index (χ4n) is 3.91. The fraction of sp³-hybridized carbons (Fsp3) is 0.185. The van der Waals surface area contributed by atoms with Crippen molar-refractivity contribution in [3.63, 3.8) is 0 Å². The van der Waals surface area contributed by atoms with Gasteiger partial charge in [-0.25, -0.2) is 4.98 Å². The maximum atomic E-state index is 11.4. The van der Waals surface area contributed by atoms with E-state index in [4.69, 9.17) is 14.5 Å². The Labute approximate surface area is 191 Å². The lowest BCUT2D eigenvalue weighted by Gasteiger charge is -2.06. The van der Waals surface area contributed by atoms with Gasteiger partial charge in [0.05, 0.1) is 24.2 Å². The molecule has 0 bridgehead atoms. The van der Waals surface area contributed by atoms with E-state index in [1.165, 1.54) is 10.9 Å². The van der Waals surface area contributed by atoms with Gasteiger partial charge in [-0.1, -0.05) is 12.1 Å². The third-order valence-corrected chi connectivity index (χ3v) is 5.60. The highest BCUT2D eigenvalue weighted by Crippen LogP contribution is 2.28. The number of H-pyrrole nitrogens is 2. The molecule has 166 valence electrons. The number of aromatic amines is 2. The first kappa shape index (κ1) is 20.8. The first-order valence-corrected chi connectivity index (χ1v) is 11.2. The highest BCUT2D eigenvalue weighted by atomic mass is 16.5. The molecule has 0 aliphatic carbocycles. The van der Waals surface area contributed by atoms with Crippen LogP contribution in [-0.4, -0.2) is 34.1 Å². The highest BCUT2D eigenvalue weighted by Gasteiger charge is 2.08. The van der Waals surface area contributed by atoms with Gasteiger partial charge in [-0.15, -0.1) is 0 Å². The van der Waals surface area contributed by atoms with E-state index in [2.05, 4.69) is 46.4 Å². The van der Waals surface area contributed by atoms with Crippen LogP contribution in [0.4, 0.5) is 0 Å². The highest BCUT2D eigenvalue weighted by molar-refractivity contribution is 5.88. The number of benzene rings is 3. The van der Waals surface area contributed by atoms with Crippen LogP contribution in [0, 0.1) is 0 Å². The number of hydrogen-bond acceptors (Lipinski definition) is 4. The Hall–Kier alpha value is -4.06. The molecule has 2 heterocycles. The molecule has 2 aromatic heterocycles. The van der Waals surface area contributed by atoms with Gasteiger partial charge in [-0.05, 0) is 84.5 Å². The molecule has 5 rings (SSSR count). The molecule has 0 saturated carbocycles. The number of fused-ring (bicyclic) bond motifs is 2. The second-order valence-corrected chi connectivity index (χ2v) is 7.88. The monoisotopic (exact) mass is 439 g/mol. The zero-order chi connectivity index (χ0) is 22.6. The van der Waals surface area contributed by atoms with E-state index in [0.29, 0.717) is 26.1 Å². The molecular weight excluding hydrogens is 414 g/mol. The van der Waals surface area contributed by atoms with Crippen LogP contribution in [0.2, 0.25) is 0 Å². The summed E-state index contributed by atoms with van der Waals surface area (Å²) < 4.78 is 10.7. The minimum Gasteiger partial charge on any atom is -0.494 e. The van der Waals surface area contributed by atoms with Gasteiger partial charge in [-0.3, -0.25) is 4.79 Å². The predicted molar refractivity (Wildman–Crippen MR) is 130 cm³/mol. The molecule has 0 aliphatic heterocycles. The molecule has 0 spiro atoms. The van der Waals surface area contributed by atoms with Gasteiger partial charge in [0.25, 0.3) is 0 Å². The Morgan fingerprint density at radius 2 is 1.70 bits per heavy atom. The second-order valence-electron chi connectivity index (χ2n) is 7.88. The molecule has 0 aliphatic rings. The molecule has 0 radical (unpaired) electrons. The molecule has 33 heavy (non-hydrogen) atoms. The van der Waals surface area contributed by atoms with Crippen molar-refractivity contribution >= 4 is 27.9 Å². The summed E-state index contributed by atoms with van der Waals surface area (Å²) in [4.78, 5) is 22.8. The van der Waals surface area contributed by atoms with Gasteiger partial charge in [-0.2, -0.15) is 0 Å². The number of hydrogen-bond donors (Lipinski definition) is 2. The fourth-order valence-corrected chi connectivity index (χ4v) is 3.91. The molecular formula is C27H25N3O3. The van der Waals surface area contributed by atoms with Crippen molar-refractivity contribution in [1.82, 2.24) is 15.0 Å². The zero-order valence-electron chi connectivity index (χ0n) is 18.4. The van der Waals surface area contributed by atoms with Crippen LogP contribution >= 0.6 is 0 Å². The van der Waals surface area contributed by atoms with E-state index in [0.717, 1.165) is 39.3 Å². The Balaban J connectivity index is 1.28. The minimum atomic E-state index is -0.186. The number of carbonyl (C=O) groups excluding carboxylic acids is 1. The van der Waals surface area contributed by atoms with E-state index in [1.807, 2.05) is 36.5 Å². The number of nitrogens with one attached hydrogen (secondary N) is 2. The van der Waals surface area contributed by atoms with Crippen molar-refractivity contribution in [2.75, 3.05) is 13.2 Å². The van der Waals surface area contributed by atoms with Gasteiger partial charge < -0.3 is 19.4 Å². The van der Waals surface area contributed by atoms with Crippen LogP contribution in [0.15, 0.2) is 72.9 Å². The SMILES string of the molecule is CCOC(=O)CCCOc1ccc(-c2nc3ccc(-c4ccc5[nH]ccc5c4)cc3[nH]2)cc1. The molecule has 0 saturated heterocycles. The topological polar surface area (TPSA) is 80.0 Å². The summed E-state index contributed by atoms with van der Waals surface area (Å²) in [5.74, 6) is 1.40. The quantitative estimate of drug-likeness (QED) is 0.226. The molecule has 5 aromatic rings. The maximum absolute atomic E-state index is 11.4. The van der Waals surface area contributed by atoms with Crippen LogP contribution in [0.3, 0.4) is 0 Å². The van der Waals surface area contributed by atoms with Crippen LogP contribution in [0.1, 0.15) is 19.8 Å². The van der Waals surface area contributed by atoms with Crippen molar-refractivity contribution in [1.29, 1.82) is 0 Å². The number of rotatable bonds is 8. The molecule has 0 unspecified atom stereocenters. The first-order chi connectivity index (χ1) is 16.2. The molecule has 0 atom stereocenters. The van der Waals surface area contributed by atoms with Crippen molar-refractivity contribution < 1.29 is 14.3 Å². The number of esters is 1. The van der Waals surface area contributed by atoms with Crippen LogP contribution < -0.4 is 4.74 Å². The molecule has 3 aromatic carbocycles. The average Bonchev–Trinajstić information content (AvgIpc) is 3.48. The van der Waals surface area contributed by atoms with Crippen LogP contribution in [0.25, 0.3) is 44.5 Å². The first-order valence-electron chi connectivity index (χ1n) is 11.2. The Morgan fingerprint density at radius 3 is 2.55 bits per heavy atom. The predicted octanol–water partition coefficient (Wildman–Crippen LogP) is 6.10. The van der Waals surface area contributed by atoms with Gasteiger partial charge in [0.1, 0.15) is 11.6 Å². The van der Waals surface area contributed by atoms with Crippen LogP contribution in [-0.2, 0) is 9.53 Å². The third-order valence-electron chi connectivity index (χ3n) is 5.60. The molecule has 0 amide bonds. The summed E-state index contributed by atoms with van der Waals surface area (Å²) in [6, 6.07) is 22.6. The lowest BCUT2D eigenvalue weighted by Crippen LogP contribution is -2.06. The molecule has 0 fully saturated rings. The third kappa shape index (κ3) is 4.60. The summed E-state index contributed by atoms with van der Waals surface area (Å²) >= 11 is 0. The van der Waals surface area contributed by atoms with E-state index in [-0.39, 0.29) is 5.97 Å². The maximum Gasteiger partial charge on any atom is 0.305 e. The summed E-state index contributed by atoms with van der Waals surface area (Å²) in [6.45, 7) is 2.69. The number of nitrogens with zero attached hydrogens (tertiary/aromatic N) is 1. The van der Waals surface area contributed by atoms with Crippen LogP contribution in [0.5, 0.6) is 5.75 Å². The van der Waals surface area contributed by atoms with Crippen molar-refractivity contribution in [3.8, 4) is 28.3 Å². The second kappa shape index (κ2) is 9.20. The largest absolute Gasteiger partial charge is 0.494 e. The Kier molecular flexibility index (Phi) is 5.81. The normalized spacial score (nSPS) is 11.2. The Bertz CT molecular complexity index is 1400. The van der Waals surface area contributed by atoms with E-state index >= 15 is 0 Å². The summed E-state index contributed by atoms with van der Waals surface area (Å²) in [7, 11) is 0. The van der Waals surface area contributed by atoms with E-state index in [1.54, 1.807) is 6.92 Å². The van der Waals surface area contributed by atoms with Crippen molar-refractivity contribution in [3.05, 3.63) is 72.9 Å². The number of ether oxygens (including phenoxy) is 2. The molecule has 2 N–H and O–H groups in total. The van der Waals surface area contributed by atoms with Gasteiger partial charge in [0.2, 0.25) is 0 Å². The number of imidazole rings is 1. The zero-order valence-corrected chi connectivity index (χ0v) is 18.4. The number of carbonyl (C=O) groups is 1. The smallest absolute Gasteiger partial charge is 0.305 e. The van der Waals surface area contributed by atoms with E-state index < -0.39 is 0 Å². The average molecular weight is 440 g/mol. The van der Waals surface area contributed by atoms with Crippen molar-refractivity contribution in [2.45, 2.75) is 19.8 Å². The standard InChI is InChI=1S/C27H25N3O3/c1-2-32-26(31)4-3-15-33-22-9-5-18(6-10-22)27-29-24-12-8-20(17-25(24)30-27)19-7-11-23-21(16-19)13-14-28-23/h5-14,16-17,28H,2-4,15H2,1H3,(H,29,30). The van der Waals surface area contributed by atoms with Gasteiger partial charge in [0, 0.05) is 23.7 Å². The van der Waals surface area contributed by atoms with Crippen molar-refractivity contribution in [2.24, 2.45) is 0 Å². The molecule has 6 nitrogen and oxygen atoms in total. The lowest BCUT2D eigenvalue weighted by molar-refractivity contribution is -0.143. The molecule has 6 heteroatoms. The summed E-state index contributed by atoms with van der Waals surface area (Å²) in [6.07, 6.45) is 2.95. The number of aromatic nitrogens is 3. The Morgan fingerprint density at radius 1 is 0.909 bits per heavy atom.